The molecule has 0 radical (unpaired) electrons. The molecule has 3 fully saturated rings. The Bertz CT molecular complexity index is 1530. The first kappa shape index (κ1) is 33.2. The number of phenolic OH excluding ortho intramolecular Hbond substituents is 2. The number of ether oxygens (including phenoxy) is 1. The maximum Gasteiger partial charge on any atom is 0.200 e. The fraction of sp³-hybridized carbons (Fsp3) is 0.605. The van der Waals surface area contributed by atoms with E-state index in [1.54, 1.807) is 13.8 Å². The molecule has 5 atom stereocenters. The van der Waals surface area contributed by atoms with Crippen LogP contribution in [0.5, 0.6) is 11.5 Å². The summed E-state index contributed by atoms with van der Waals surface area (Å²) in [5, 5.41) is 31.4. The smallest absolute Gasteiger partial charge is 0.200 e. The van der Waals surface area contributed by atoms with Gasteiger partial charge in [0.25, 0.3) is 0 Å². The van der Waals surface area contributed by atoms with Gasteiger partial charge in [0.1, 0.15) is 22.9 Å². The number of Topliss-reactive ketones (excluding diaryl/α,β-unsaturated/α-hetero) is 3. The molecule has 2 saturated carbocycles. The maximum atomic E-state index is 15.2. The van der Waals surface area contributed by atoms with Crippen LogP contribution in [0.25, 0.3) is 0 Å². The Kier molecular flexibility index (Phi) is 7.88. The summed E-state index contributed by atoms with van der Waals surface area (Å²) >= 11 is 0. The van der Waals surface area contributed by atoms with Crippen LogP contribution in [0.2, 0.25) is 0 Å². The first-order valence-electron chi connectivity index (χ1n) is 16.3. The third-order valence-corrected chi connectivity index (χ3v) is 12.0. The molecule has 3 aliphatic carbocycles. The van der Waals surface area contributed by atoms with Gasteiger partial charge in [-0.1, -0.05) is 51.5 Å². The lowest BCUT2D eigenvalue weighted by Gasteiger charge is -2.60. The molecule has 1 aromatic carbocycles. The number of hydrogen-bond acceptors (Lipinski definition) is 7. The van der Waals surface area contributed by atoms with Crippen molar-refractivity contribution < 1.29 is 34.4 Å². The number of benzene rings is 1. The van der Waals surface area contributed by atoms with E-state index in [0.717, 1.165) is 37.3 Å². The monoisotopic (exact) mass is 618 g/mol. The van der Waals surface area contributed by atoms with E-state index in [1.165, 1.54) is 17.7 Å². The number of carbonyl (C=O) groups excluding carboxylic acids is 3. The van der Waals surface area contributed by atoms with Gasteiger partial charge in [-0.25, -0.2) is 0 Å². The van der Waals surface area contributed by atoms with Gasteiger partial charge in [-0.15, -0.1) is 0 Å². The number of aliphatic hydroxyl groups is 1. The quantitative estimate of drug-likeness (QED) is 0.0958. The van der Waals surface area contributed by atoms with Gasteiger partial charge in [0.05, 0.1) is 11.0 Å². The van der Waals surface area contributed by atoms with Crippen molar-refractivity contribution in [2.45, 2.75) is 112 Å². The Morgan fingerprint density at radius 1 is 1.09 bits per heavy atom. The molecule has 244 valence electrons. The molecule has 5 rings (SSSR count). The number of hydrogen-bond donors (Lipinski definition) is 3. The van der Waals surface area contributed by atoms with Crippen molar-refractivity contribution in [1.82, 2.24) is 0 Å². The summed E-state index contributed by atoms with van der Waals surface area (Å²) < 4.78 is 6.42. The maximum absolute atomic E-state index is 15.2. The van der Waals surface area contributed by atoms with Crippen LogP contribution in [0.4, 0.5) is 0 Å². The Hall–Kier alpha value is -3.19. The number of fused-ring (bicyclic) bond motifs is 1. The van der Waals surface area contributed by atoms with Crippen LogP contribution in [0.3, 0.4) is 0 Å². The van der Waals surface area contributed by atoms with Gasteiger partial charge in [-0.05, 0) is 107 Å². The molecule has 2 bridgehead atoms. The van der Waals surface area contributed by atoms with Crippen LogP contribution in [-0.4, -0.2) is 44.4 Å². The Balaban J connectivity index is 1.78. The zero-order valence-corrected chi connectivity index (χ0v) is 28.2. The minimum absolute atomic E-state index is 0.00556. The number of rotatable bonds is 7. The molecular formula is C38H50O7. The van der Waals surface area contributed by atoms with Gasteiger partial charge in [0.2, 0.25) is 0 Å². The first-order chi connectivity index (χ1) is 20.7. The number of allylic oxidation sites excluding steroid dienone is 5. The normalized spacial score (nSPS) is 32.2. The van der Waals surface area contributed by atoms with Crippen molar-refractivity contribution in [2.24, 2.45) is 33.5 Å². The van der Waals surface area contributed by atoms with Crippen LogP contribution >= 0.6 is 0 Å². The molecule has 1 aliphatic heterocycles. The summed E-state index contributed by atoms with van der Waals surface area (Å²) in [5.41, 5.74) is -3.03. The fourth-order valence-electron chi connectivity index (χ4n) is 8.94. The molecule has 45 heavy (non-hydrogen) atoms. The number of aromatic hydroxyl groups is 2. The second-order valence-corrected chi connectivity index (χ2v) is 16.2. The summed E-state index contributed by atoms with van der Waals surface area (Å²) in [7, 11) is 0. The van der Waals surface area contributed by atoms with Crippen molar-refractivity contribution in [2.75, 3.05) is 0 Å². The highest BCUT2D eigenvalue weighted by Crippen LogP contribution is 2.70. The van der Waals surface area contributed by atoms with Crippen molar-refractivity contribution in [3.8, 4) is 11.5 Å². The Labute approximate surface area is 267 Å². The van der Waals surface area contributed by atoms with Gasteiger partial charge in [-0.2, -0.15) is 0 Å². The molecule has 1 heterocycles. The lowest BCUT2D eigenvalue weighted by Crippen LogP contribution is -2.66. The summed E-state index contributed by atoms with van der Waals surface area (Å²) in [6, 6.07) is 3.69. The lowest BCUT2D eigenvalue weighted by molar-refractivity contribution is -0.170. The van der Waals surface area contributed by atoms with Gasteiger partial charge < -0.3 is 20.1 Å². The molecule has 7 nitrogen and oxygen atoms in total. The van der Waals surface area contributed by atoms with Crippen molar-refractivity contribution >= 4 is 17.3 Å². The van der Waals surface area contributed by atoms with Crippen LogP contribution in [-0.2, 0) is 14.3 Å². The predicted octanol–water partition coefficient (Wildman–Crippen LogP) is 7.39. The molecule has 5 unspecified atom stereocenters. The van der Waals surface area contributed by atoms with E-state index in [1.807, 2.05) is 33.8 Å². The summed E-state index contributed by atoms with van der Waals surface area (Å²) in [4.78, 5) is 44.8. The standard InChI is InChI=1S/C38H50O7/c1-21(2)14-16-38-31(42)29(30(41)23-12-13-26(39)27(40)17-23)32-37(33(38)43,20-28(45-32)36(8,9)44)19-24(35(38,6)7)18-25-22(3)11-10-15-34(25,4)5/h12-14,17,24-25,28,39-40,44H,3,10-11,15-16,18-20H2,1-2,4-9H3. The van der Waals surface area contributed by atoms with Crippen LogP contribution in [0, 0.1) is 33.5 Å². The summed E-state index contributed by atoms with van der Waals surface area (Å²) in [5.74, 6) is -2.17. The minimum atomic E-state index is -1.56. The van der Waals surface area contributed by atoms with Gasteiger partial charge in [0, 0.05) is 12.0 Å². The van der Waals surface area contributed by atoms with E-state index in [4.69, 9.17) is 4.74 Å². The first-order valence-corrected chi connectivity index (χ1v) is 16.3. The van der Waals surface area contributed by atoms with Gasteiger partial charge in [0.15, 0.2) is 28.8 Å². The van der Waals surface area contributed by atoms with Gasteiger partial charge >= 0.3 is 0 Å². The molecule has 0 amide bonds. The van der Waals surface area contributed by atoms with Crippen LogP contribution in [0.15, 0.2) is 53.3 Å². The number of phenols is 2. The van der Waals surface area contributed by atoms with Crippen molar-refractivity contribution in [3.05, 3.63) is 58.9 Å². The second kappa shape index (κ2) is 10.7. The highest BCUT2D eigenvalue weighted by atomic mass is 16.5. The molecular weight excluding hydrogens is 568 g/mol. The van der Waals surface area contributed by atoms with Gasteiger partial charge in [-0.3, -0.25) is 14.4 Å². The third kappa shape index (κ3) is 4.92. The highest BCUT2D eigenvalue weighted by molar-refractivity contribution is 6.35. The zero-order chi connectivity index (χ0) is 33.5. The summed E-state index contributed by atoms with van der Waals surface area (Å²) in [6.45, 7) is 20.2. The molecule has 7 heteroatoms. The topological polar surface area (TPSA) is 121 Å². The molecule has 1 saturated heterocycles. The molecule has 1 aromatic rings. The Morgan fingerprint density at radius 3 is 2.33 bits per heavy atom. The SMILES string of the molecule is C=C1CCCC(C)(C)C1CC1CC23CC(C(C)(C)O)OC2=C(C(=O)c2ccc(O)c(O)c2)C(=O)C(CC=C(C)C)(C3=O)C1(C)C. The molecule has 4 aliphatic rings. The second-order valence-electron chi connectivity index (χ2n) is 16.2. The van der Waals surface area contributed by atoms with Crippen LogP contribution < -0.4 is 0 Å². The zero-order valence-electron chi connectivity index (χ0n) is 28.2. The average molecular weight is 619 g/mol. The third-order valence-electron chi connectivity index (χ3n) is 12.0. The van der Waals surface area contributed by atoms with Crippen molar-refractivity contribution in [3.63, 3.8) is 0 Å². The van der Waals surface area contributed by atoms with E-state index < -0.39 is 51.0 Å². The van der Waals surface area contributed by atoms with E-state index in [9.17, 15) is 20.1 Å². The minimum Gasteiger partial charge on any atom is -0.504 e. The van der Waals surface area contributed by atoms with E-state index in [-0.39, 0.29) is 52.8 Å². The highest BCUT2D eigenvalue weighted by Gasteiger charge is 2.75. The van der Waals surface area contributed by atoms with E-state index >= 15 is 9.59 Å². The predicted molar refractivity (Wildman–Crippen MR) is 173 cm³/mol. The van der Waals surface area contributed by atoms with Crippen molar-refractivity contribution in [1.29, 1.82) is 0 Å². The number of carbonyl (C=O) groups is 3. The number of ketones is 3. The van der Waals surface area contributed by atoms with E-state index in [2.05, 4.69) is 20.4 Å². The molecule has 0 aromatic heterocycles. The van der Waals surface area contributed by atoms with Crippen LogP contribution in [0.1, 0.15) is 111 Å². The average Bonchev–Trinajstić information content (AvgIpc) is 3.31. The molecule has 1 spiro atoms. The fourth-order valence-corrected chi connectivity index (χ4v) is 8.94. The molecule has 3 N–H and O–H groups in total. The lowest BCUT2D eigenvalue weighted by atomic mass is 9.39. The summed E-state index contributed by atoms with van der Waals surface area (Å²) in [6.07, 6.45) is 5.69. The van der Waals surface area contributed by atoms with E-state index in [0.29, 0.717) is 6.42 Å². The largest absolute Gasteiger partial charge is 0.504 e. The Morgan fingerprint density at radius 2 is 1.76 bits per heavy atom.